The maximum absolute atomic E-state index is 5.29. The second-order valence-electron chi connectivity index (χ2n) is 5.24. The van der Waals surface area contributed by atoms with E-state index in [0.717, 1.165) is 22.8 Å². The maximum atomic E-state index is 5.29. The minimum Gasteiger partial charge on any atom is -0.388 e. The van der Waals surface area contributed by atoms with E-state index in [-0.39, 0.29) is 4.75 Å². The molecule has 0 fully saturated rings. The third kappa shape index (κ3) is 3.99. The predicted octanol–water partition coefficient (Wildman–Crippen LogP) is 3.81. The van der Waals surface area contributed by atoms with Gasteiger partial charge in [0.2, 0.25) is 0 Å². The number of aromatic nitrogens is 2. The minimum atomic E-state index is 0.204. The van der Waals surface area contributed by atoms with Gasteiger partial charge in [-0.3, -0.25) is 0 Å². The first-order valence-electron chi connectivity index (χ1n) is 6.23. The first-order valence-corrected chi connectivity index (χ1v) is 7.21. The van der Waals surface area contributed by atoms with E-state index in [1.54, 1.807) is 11.8 Å². The molecule has 2 aromatic rings. The van der Waals surface area contributed by atoms with Crippen molar-refractivity contribution < 1.29 is 4.52 Å². The van der Waals surface area contributed by atoms with Gasteiger partial charge in [-0.15, -0.1) is 11.8 Å². The first kappa shape index (κ1) is 13.9. The van der Waals surface area contributed by atoms with E-state index in [4.69, 9.17) is 4.52 Å². The summed E-state index contributed by atoms with van der Waals surface area (Å²) in [5, 5.41) is 7.09. The van der Waals surface area contributed by atoms with Gasteiger partial charge in [0.05, 0.1) is 5.75 Å². The highest BCUT2D eigenvalue weighted by Gasteiger charge is 2.14. The lowest BCUT2D eigenvalue weighted by molar-refractivity contribution is 0.425. The van der Waals surface area contributed by atoms with Crippen LogP contribution in [-0.4, -0.2) is 21.9 Å². The molecular weight excluding hydrogens is 258 g/mol. The third-order valence-electron chi connectivity index (χ3n) is 2.52. The molecule has 4 nitrogen and oxygen atoms in total. The predicted molar refractivity (Wildman–Crippen MR) is 80.3 cm³/mol. The van der Waals surface area contributed by atoms with Crippen molar-refractivity contribution in [1.82, 2.24) is 10.1 Å². The molecule has 0 atom stereocenters. The van der Waals surface area contributed by atoms with Crippen LogP contribution in [0.3, 0.4) is 0 Å². The van der Waals surface area contributed by atoms with Crippen LogP contribution in [0.1, 0.15) is 26.6 Å². The zero-order valence-electron chi connectivity index (χ0n) is 11.7. The molecule has 5 heteroatoms. The lowest BCUT2D eigenvalue weighted by Gasteiger charge is -2.15. The average Bonchev–Trinajstić information content (AvgIpc) is 2.84. The van der Waals surface area contributed by atoms with E-state index in [2.05, 4.69) is 36.2 Å². The molecule has 0 aliphatic rings. The maximum Gasteiger partial charge on any atom is 0.257 e. The molecule has 1 aromatic heterocycles. The highest BCUT2D eigenvalue weighted by atomic mass is 32.2. The lowest BCUT2D eigenvalue weighted by atomic mass is 10.2. The van der Waals surface area contributed by atoms with Crippen LogP contribution in [0.15, 0.2) is 28.8 Å². The Morgan fingerprint density at radius 3 is 2.47 bits per heavy atom. The van der Waals surface area contributed by atoms with Crippen molar-refractivity contribution >= 4 is 17.4 Å². The Balaban J connectivity index is 2.07. The Morgan fingerprint density at radius 2 is 1.89 bits per heavy atom. The lowest BCUT2D eigenvalue weighted by Crippen LogP contribution is -2.07. The van der Waals surface area contributed by atoms with Crippen molar-refractivity contribution in [2.45, 2.75) is 31.3 Å². The number of anilines is 1. The molecule has 0 saturated carbocycles. The largest absolute Gasteiger partial charge is 0.388 e. The van der Waals surface area contributed by atoms with Crippen molar-refractivity contribution in [3.63, 3.8) is 0 Å². The molecule has 0 unspecified atom stereocenters. The highest BCUT2D eigenvalue weighted by Crippen LogP contribution is 2.27. The number of nitrogens with one attached hydrogen (secondary N) is 1. The Labute approximate surface area is 118 Å². The van der Waals surface area contributed by atoms with Crippen molar-refractivity contribution in [1.29, 1.82) is 0 Å². The number of nitrogens with zero attached hydrogens (tertiary/aromatic N) is 2. The van der Waals surface area contributed by atoms with Gasteiger partial charge in [0.15, 0.2) is 5.82 Å². The molecule has 1 heterocycles. The summed E-state index contributed by atoms with van der Waals surface area (Å²) in [7, 11) is 1.89. The van der Waals surface area contributed by atoms with Crippen LogP contribution in [0.25, 0.3) is 11.5 Å². The summed E-state index contributed by atoms with van der Waals surface area (Å²) >= 11 is 1.81. The second-order valence-corrected chi connectivity index (χ2v) is 7.05. The van der Waals surface area contributed by atoms with Crippen molar-refractivity contribution in [3.05, 3.63) is 30.1 Å². The zero-order chi connectivity index (χ0) is 13.9. The van der Waals surface area contributed by atoms with E-state index in [1.165, 1.54) is 0 Å². The number of benzene rings is 1. The third-order valence-corrected chi connectivity index (χ3v) is 3.79. The number of thioether (sulfide) groups is 1. The molecule has 0 saturated heterocycles. The topological polar surface area (TPSA) is 51.0 Å². The summed E-state index contributed by atoms with van der Waals surface area (Å²) in [4.78, 5) is 4.42. The molecule has 0 aliphatic carbocycles. The van der Waals surface area contributed by atoms with Gasteiger partial charge in [-0.2, -0.15) is 4.98 Å². The number of hydrogen-bond donors (Lipinski definition) is 1. The molecule has 0 bridgehead atoms. The van der Waals surface area contributed by atoms with Gasteiger partial charge in [0, 0.05) is 23.0 Å². The smallest absolute Gasteiger partial charge is 0.257 e. The van der Waals surface area contributed by atoms with Crippen molar-refractivity contribution in [2.24, 2.45) is 0 Å². The Bertz CT molecular complexity index is 528. The van der Waals surface area contributed by atoms with Gasteiger partial charge in [-0.05, 0) is 24.3 Å². The van der Waals surface area contributed by atoms with E-state index >= 15 is 0 Å². The number of rotatable bonds is 4. The van der Waals surface area contributed by atoms with Crippen LogP contribution < -0.4 is 5.32 Å². The molecule has 2 rings (SSSR count). The molecule has 102 valence electrons. The van der Waals surface area contributed by atoms with Crippen LogP contribution in [0.5, 0.6) is 0 Å². The first-order chi connectivity index (χ1) is 8.98. The summed E-state index contributed by atoms with van der Waals surface area (Å²) < 4.78 is 5.50. The average molecular weight is 277 g/mol. The van der Waals surface area contributed by atoms with Crippen LogP contribution in [0.2, 0.25) is 0 Å². The van der Waals surface area contributed by atoms with Crippen molar-refractivity contribution in [3.8, 4) is 11.5 Å². The normalized spacial score (nSPS) is 11.6. The van der Waals surface area contributed by atoms with Gasteiger partial charge in [0.25, 0.3) is 5.89 Å². The molecular formula is C14H19N3OS. The van der Waals surface area contributed by atoms with E-state index in [0.29, 0.717) is 5.89 Å². The monoisotopic (exact) mass is 277 g/mol. The van der Waals surface area contributed by atoms with Gasteiger partial charge in [0.1, 0.15) is 0 Å². The van der Waals surface area contributed by atoms with Gasteiger partial charge < -0.3 is 9.84 Å². The minimum absolute atomic E-state index is 0.204. The summed E-state index contributed by atoms with van der Waals surface area (Å²) in [6.45, 7) is 6.53. The number of hydrogen-bond acceptors (Lipinski definition) is 5. The van der Waals surface area contributed by atoms with E-state index < -0.39 is 0 Å². The fraction of sp³-hybridized carbons (Fsp3) is 0.429. The summed E-state index contributed by atoms with van der Waals surface area (Å²) in [5.74, 6) is 2.08. The van der Waals surface area contributed by atoms with Crippen LogP contribution >= 0.6 is 11.8 Å². The molecule has 19 heavy (non-hydrogen) atoms. The summed E-state index contributed by atoms with van der Waals surface area (Å²) in [6, 6.07) is 7.92. The Kier molecular flexibility index (Phi) is 4.14. The summed E-state index contributed by atoms with van der Waals surface area (Å²) in [5.41, 5.74) is 2.00. The van der Waals surface area contributed by atoms with Gasteiger partial charge >= 0.3 is 0 Å². The van der Waals surface area contributed by atoms with Crippen LogP contribution in [0.4, 0.5) is 5.69 Å². The fourth-order valence-electron chi connectivity index (χ4n) is 1.49. The van der Waals surface area contributed by atoms with Gasteiger partial charge in [-0.1, -0.05) is 25.9 Å². The molecule has 1 N–H and O–H groups in total. The Morgan fingerprint density at radius 1 is 1.21 bits per heavy atom. The summed E-state index contributed by atoms with van der Waals surface area (Å²) in [6.07, 6.45) is 0. The Hall–Kier alpha value is -1.49. The van der Waals surface area contributed by atoms with Crippen molar-refractivity contribution in [2.75, 3.05) is 12.4 Å². The highest BCUT2D eigenvalue weighted by molar-refractivity contribution is 7.99. The molecule has 0 amide bonds. The van der Waals surface area contributed by atoms with E-state index in [1.807, 2.05) is 31.3 Å². The van der Waals surface area contributed by atoms with E-state index in [9.17, 15) is 0 Å². The standard InChI is InChI=1S/C14H19N3OS/c1-14(2,3)19-9-12-16-13(18-17-12)10-5-7-11(15-4)8-6-10/h5-8,15H,9H2,1-4H3. The molecule has 0 spiro atoms. The fourth-order valence-corrected chi connectivity index (χ4v) is 2.17. The quantitative estimate of drug-likeness (QED) is 0.921. The second kappa shape index (κ2) is 5.65. The molecule has 0 aliphatic heterocycles. The molecule has 1 aromatic carbocycles. The van der Waals surface area contributed by atoms with Crippen LogP contribution in [0, 0.1) is 0 Å². The van der Waals surface area contributed by atoms with Crippen LogP contribution in [-0.2, 0) is 5.75 Å². The SMILES string of the molecule is CNc1ccc(-c2nc(CSC(C)(C)C)no2)cc1. The zero-order valence-corrected chi connectivity index (χ0v) is 12.5. The van der Waals surface area contributed by atoms with Gasteiger partial charge in [-0.25, -0.2) is 0 Å². The molecule has 0 radical (unpaired) electrons.